The highest BCUT2D eigenvalue weighted by Gasteiger charge is 2.18. The van der Waals surface area contributed by atoms with E-state index in [1.807, 2.05) is 24.3 Å². The molecular formula is C12H12F3N. The predicted molar refractivity (Wildman–Crippen MR) is 55.8 cm³/mol. The molecule has 0 saturated carbocycles. The Kier molecular flexibility index (Phi) is 3.17. The Morgan fingerprint density at radius 2 is 1.44 bits per heavy atom. The molecule has 1 nitrogen and oxygen atoms in total. The minimum Gasteiger partial charge on any atom is -0.343 e. The van der Waals surface area contributed by atoms with Crippen LogP contribution >= 0.6 is 0 Å². The first-order valence-corrected chi connectivity index (χ1v) is 5.21. The van der Waals surface area contributed by atoms with Crippen LogP contribution in [0.4, 0.5) is 13.2 Å². The molecule has 0 aromatic heterocycles. The molecule has 4 heteroatoms. The van der Waals surface area contributed by atoms with Gasteiger partial charge in [-0.3, -0.25) is 0 Å². The van der Waals surface area contributed by atoms with Crippen molar-refractivity contribution in [1.29, 1.82) is 0 Å². The molecule has 0 atom stereocenters. The summed E-state index contributed by atoms with van der Waals surface area (Å²) in [4.78, 5) is 1.11. The van der Waals surface area contributed by atoms with E-state index in [4.69, 9.17) is 0 Å². The molecule has 1 aliphatic rings. The van der Waals surface area contributed by atoms with Crippen LogP contribution in [0.2, 0.25) is 0 Å². The molecule has 0 bridgehead atoms. The summed E-state index contributed by atoms with van der Waals surface area (Å²) in [5, 5.41) is 0. The van der Waals surface area contributed by atoms with Gasteiger partial charge < -0.3 is 4.90 Å². The molecule has 1 aromatic carbocycles. The summed E-state index contributed by atoms with van der Waals surface area (Å²) in [6.07, 6.45) is -1.01. The Hall–Kier alpha value is -1.45. The molecule has 0 amide bonds. The molecule has 0 saturated heterocycles. The first-order valence-electron chi connectivity index (χ1n) is 5.21. The zero-order valence-electron chi connectivity index (χ0n) is 8.72. The van der Waals surface area contributed by atoms with E-state index in [9.17, 15) is 13.2 Å². The van der Waals surface area contributed by atoms with Crippen LogP contribution in [0, 0.1) is 0 Å². The molecule has 0 fully saturated rings. The third kappa shape index (κ3) is 2.21. The number of benzene rings is 1. The van der Waals surface area contributed by atoms with Crippen LogP contribution in [0.15, 0.2) is 36.3 Å². The van der Waals surface area contributed by atoms with E-state index in [2.05, 4.69) is 0 Å². The summed E-state index contributed by atoms with van der Waals surface area (Å²) in [5.74, 6) is -1.38. The summed E-state index contributed by atoms with van der Waals surface area (Å²) in [5.41, 5.74) is 2.24. The van der Waals surface area contributed by atoms with Crippen molar-refractivity contribution in [3.63, 3.8) is 0 Å². The molecule has 0 spiro atoms. The van der Waals surface area contributed by atoms with Gasteiger partial charge in [0.25, 0.3) is 5.95 Å². The highest BCUT2D eigenvalue weighted by molar-refractivity contribution is 5.29. The van der Waals surface area contributed by atoms with Gasteiger partial charge in [0, 0.05) is 13.1 Å². The second kappa shape index (κ2) is 4.60. The van der Waals surface area contributed by atoms with E-state index < -0.39 is 12.0 Å². The summed E-state index contributed by atoms with van der Waals surface area (Å²) in [6.45, 7) is 0.611. The molecule has 0 aliphatic carbocycles. The van der Waals surface area contributed by atoms with Crippen molar-refractivity contribution in [3.8, 4) is 0 Å². The van der Waals surface area contributed by atoms with Gasteiger partial charge in [-0.2, -0.15) is 13.2 Å². The molecule has 16 heavy (non-hydrogen) atoms. The van der Waals surface area contributed by atoms with E-state index in [0.29, 0.717) is 25.9 Å². The minimum atomic E-state index is -2.23. The van der Waals surface area contributed by atoms with Gasteiger partial charge in [-0.05, 0) is 24.0 Å². The van der Waals surface area contributed by atoms with E-state index in [0.717, 1.165) is 16.0 Å². The number of hydrogen-bond acceptors (Lipinski definition) is 1. The van der Waals surface area contributed by atoms with Crippen molar-refractivity contribution < 1.29 is 13.2 Å². The van der Waals surface area contributed by atoms with Crippen LogP contribution in [0.3, 0.4) is 0 Å². The molecule has 2 rings (SSSR count). The molecule has 0 radical (unpaired) electrons. The average molecular weight is 227 g/mol. The maximum absolute atomic E-state index is 13.1. The van der Waals surface area contributed by atoms with Crippen LogP contribution in [-0.2, 0) is 12.8 Å². The van der Waals surface area contributed by atoms with Gasteiger partial charge in [0.05, 0.1) is 0 Å². The first kappa shape index (κ1) is 11.0. The molecule has 1 aromatic rings. The van der Waals surface area contributed by atoms with Crippen LogP contribution < -0.4 is 0 Å². The smallest absolute Gasteiger partial charge is 0.322 e. The van der Waals surface area contributed by atoms with E-state index >= 15 is 0 Å². The Labute approximate surface area is 92.2 Å². The van der Waals surface area contributed by atoms with Crippen molar-refractivity contribution in [3.05, 3.63) is 47.4 Å². The van der Waals surface area contributed by atoms with Crippen molar-refractivity contribution in [2.75, 3.05) is 13.1 Å². The van der Waals surface area contributed by atoms with Gasteiger partial charge in [-0.15, -0.1) is 0 Å². The number of halogens is 3. The zero-order chi connectivity index (χ0) is 11.5. The minimum absolute atomic E-state index is 0.306. The van der Waals surface area contributed by atoms with E-state index in [-0.39, 0.29) is 0 Å². The van der Waals surface area contributed by atoms with Crippen molar-refractivity contribution >= 4 is 0 Å². The van der Waals surface area contributed by atoms with Crippen molar-refractivity contribution in [2.24, 2.45) is 0 Å². The SMILES string of the molecule is FC(F)=C(F)N1CCc2ccccc2CC1. The summed E-state index contributed by atoms with van der Waals surface area (Å²) in [7, 11) is 0. The molecule has 86 valence electrons. The predicted octanol–water partition coefficient (Wildman–Crippen LogP) is 3.12. The molecular weight excluding hydrogens is 215 g/mol. The Morgan fingerprint density at radius 3 is 1.88 bits per heavy atom. The lowest BCUT2D eigenvalue weighted by Crippen LogP contribution is -2.24. The quantitative estimate of drug-likeness (QED) is 0.666. The normalized spacial score (nSPS) is 15.3. The Bertz CT molecular complexity index is 383. The number of rotatable bonds is 1. The summed E-state index contributed by atoms with van der Waals surface area (Å²) >= 11 is 0. The lowest BCUT2D eigenvalue weighted by Gasteiger charge is -2.18. The van der Waals surface area contributed by atoms with Gasteiger partial charge in [0.1, 0.15) is 0 Å². The van der Waals surface area contributed by atoms with Crippen LogP contribution in [0.25, 0.3) is 0 Å². The summed E-state index contributed by atoms with van der Waals surface area (Å²) < 4.78 is 37.3. The number of nitrogens with zero attached hydrogens (tertiary/aromatic N) is 1. The standard InChI is InChI=1S/C12H12F3N/c13-11(14)12(15)16-7-5-9-3-1-2-4-10(9)6-8-16/h1-4H,5-8H2. The van der Waals surface area contributed by atoms with Gasteiger partial charge in [0.15, 0.2) is 0 Å². The topological polar surface area (TPSA) is 3.24 Å². The van der Waals surface area contributed by atoms with Gasteiger partial charge in [-0.25, -0.2) is 0 Å². The monoisotopic (exact) mass is 227 g/mol. The van der Waals surface area contributed by atoms with Crippen LogP contribution in [-0.4, -0.2) is 18.0 Å². The first-order chi connectivity index (χ1) is 7.68. The van der Waals surface area contributed by atoms with Gasteiger partial charge >= 0.3 is 6.08 Å². The van der Waals surface area contributed by atoms with Crippen molar-refractivity contribution in [1.82, 2.24) is 4.90 Å². The lowest BCUT2D eigenvalue weighted by atomic mass is 10.0. The largest absolute Gasteiger partial charge is 0.343 e. The third-order valence-electron chi connectivity index (χ3n) is 2.85. The third-order valence-corrected chi connectivity index (χ3v) is 2.85. The maximum Gasteiger partial charge on any atom is 0.322 e. The average Bonchev–Trinajstić information content (AvgIpc) is 2.50. The van der Waals surface area contributed by atoms with Crippen LogP contribution in [0.5, 0.6) is 0 Å². The lowest BCUT2D eigenvalue weighted by molar-refractivity contribution is 0.235. The molecule has 1 heterocycles. The fraction of sp³-hybridized carbons (Fsp3) is 0.333. The molecule has 0 unspecified atom stereocenters. The molecule has 0 N–H and O–H groups in total. The van der Waals surface area contributed by atoms with Crippen molar-refractivity contribution in [2.45, 2.75) is 12.8 Å². The second-order valence-corrected chi connectivity index (χ2v) is 3.81. The molecule has 1 aliphatic heterocycles. The number of fused-ring (bicyclic) bond motifs is 1. The second-order valence-electron chi connectivity index (χ2n) is 3.81. The highest BCUT2D eigenvalue weighted by Crippen LogP contribution is 2.21. The fourth-order valence-electron chi connectivity index (χ4n) is 1.98. The number of hydrogen-bond donors (Lipinski definition) is 0. The zero-order valence-corrected chi connectivity index (χ0v) is 8.72. The van der Waals surface area contributed by atoms with Crippen LogP contribution in [0.1, 0.15) is 11.1 Å². The Morgan fingerprint density at radius 1 is 0.938 bits per heavy atom. The van der Waals surface area contributed by atoms with E-state index in [1.54, 1.807) is 0 Å². The Balaban J connectivity index is 2.17. The summed E-state index contributed by atoms with van der Waals surface area (Å²) in [6, 6.07) is 7.76. The van der Waals surface area contributed by atoms with Gasteiger partial charge in [-0.1, -0.05) is 24.3 Å². The fourth-order valence-corrected chi connectivity index (χ4v) is 1.98. The van der Waals surface area contributed by atoms with E-state index in [1.165, 1.54) is 0 Å². The maximum atomic E-state index is 13.1. The van der Waals surface area contributed by atoms with Gasteiger partial charge in [0.2, 0.25) is 0 Å². The highest BCUT2D eigenvalue weighted by atomic mass is 19.3.